The van der Waals surface area contributed by atoms with Gasteiger partial charge in [0.05, 0.1) is 25.3 Å². The van der Waals surface area contributed by atoms with Crippen LogP contribution in [0.4, 0.5) is 0 Å². The van der Waals surface area contributed by atoms with Gasteiger partial charge in [0.1, 0.15) is 11.8 Å². The molecule has 6 nitrogen and oxygen atoms in total. The van der Waals surface area contributed by atoms with E-state index >= 15 is 0 Å². The van der Waals surface area contributed by atoms with Crippen LogP contribution in [0.3, 0.4) is 0 Å². The Balaban J connectivity index is 1.80. The van der Waals surface area contributed by atoms with Crippen molar-refractivity contribution in [1.82, 2.24) is 10.3 Å². The highest BCUT2D eigenvalue weighted by Crippen LogP contribution is 2.16. The first kappa shape index (κ1) is 18.4. The van der Waals surface area contributed by atoms with Crippen LogP contribution in [0, 0.1) is 0 Å². The Labute approximate surface area is 157 Å². The van der Waals surface area contributed by atoms with Crippen LogP contribution in [0.15, 0.2) is 60.8 Å². The van der Waals surface area contributed by atoms with Gasteiger partial charge in [0, 0.05) is 18.0 Å². The molecule has 2 aromatic carbocycles. The standard InChI is InChI=1S/C21H20N2O4/c1-26-17-8-5-6-14(10-17)11-19(21(25)27-2)23-20(24)16-12-15-7-3-4-9-18(15)22-13-16/h3-10,12-13,19H,11H2,1-2H3,(H,23,24)/t19-/m0/s1. The largest absolute Gasteiger partial charge is 0.497 e. The molecule has 1 aromatic heterocycles. The van der Waals surface area contributed by atoms with Crippen molar-refractivity contribution in [3.8, 4) is 5.75 Å². The molecule has 3 aromatic rings. The summed E-state index contributed by atoms with van der Waals surface area (Å²) in [6.07, 6.45) is 1.79. The summed E-state index contributed by atoms with van der Waals surface area (Å²) in [4.78, 5) is 29.1. The number of nitrogens with zero attached hydrogens (tertiary/aromatic N) is 1. The molecule has 0 unspecified atom stereocenters. The average molecular weight is 364 g/mol. The summed E-state index contributed by atoms with van der Waals surface area (Å²) in [6.45, 7) is 0. The zero-order chi connectivity index (χ0) is 19.2. The summed E-state index contributed by atoms with van der Waals surface area (Å²) in [5.41, 5.74) is 2.03. The Morgan fingerprint density at radius 1 is 1.07 bits per heavy atom. The first-order valence-corrected chi connectivity index (χ1v) is 8.47. The molecule has 3 rings (SSSR count). The SMILES string of the molecule is COC(=O)[C@H](Cc1cccc(OC)c1)NC(=O)c1cnc2ccccc2c1. The van der Waals surface area contributed by atoms with Crippen LogP contribution < -0.4 is 10.1 Å². The van der Waals surface area contributed by atoms with Crippen LogP contribution in [0.5, 0.6) is 5.75 Å². The summed E-state index contributed by atoms with van der Waals surface area (Å²) >= 11 is 0. The second-order valence-corrected chi connectivity index (χ2v) is 6.02. The molecule has 0 fully saturated rings. The molecular formula is C21H20N2O4. The third-order valence-corrected chi connectivity index (χ3v) is 4.22. The van der Waals surface area contributed by atoms with Crippen LogP contribution in [-0.4, -0.2) is 37.1 Å². The number of fused-ring (bicyclic) bond motifs is 1. The maximum atomic E-state index is 12.6. The number of pyridine rings is 1. The van der Waals surface area contributed by atoms with Crippen molar-refractivity contribution >= 4 is 22.8 Å². The minimum absolute atomic E-state index is 0.288. The fraction of sp³-hybridized carbons (Fsp3) is 0.190. The van der Waals surface area contributed by atoms with Gasteiger partial charge in [-0.3, -0.25) is 9.78 Å². The fourth-order valence-electron chi connectivity index (χ4n) is 2.81. The molecule has 0 saturated carbocycles. The van der Waals surface area contributed by atoms with Gasteiger partial charge in [-0.1, -0.05) is 30.3 Å². The van der Waals surface area contributed by atoms with E-state index in [1.807, 2.05) is 48.5 Å². The molecule has 1 atom stereocenters. The third kappa shape index (κ3) is 4.41. The molecular weight excluding hydrogens is 344 g/mol. The van der Waals surface area contributed by atoms with Crippen molar-refractivity contribution in [2.24, 2.45) is 0 Å². The van der Waals surface area contributed by atoms with E-state index < -0.39 is 12.0 Å². The molecule has 6 heteroatoms. The first-order chi connectivity index (χ1) is 13.1. The quantitative estimate of drug-likeness (QED) is 0.681. The van der Waals surface area contributed by atoms with Gasteiger partial charge in [-0.25, -0.2) is 4.79 Å². The second-order valence-electron chi connectivity index (χ2n) is 6.02. The van der Waals surface area contributed by atoms with E-state index in [4.69, 9.17) is 9.47 Å². The van der Waals surface area contributed by atoms with Gasteiger partial charge in [-0.05, 0) is 29.8 Å². The fourth-order valence-corrected chi connectivity index (χ4v) is 2.81. The molecule has 0 spiro atoms. The summed E-state index contributed by atoms with van der Waals surface area (Å²) in [5, 5.41) is 3.59. The van der Waals surface area contributed by atoms with Gasteiger partial charge in [-0.15, -0.1) is 0 Å². The molecule has 1 heterocycles. The van der Waals surface area contributed by atoms with E-state index in [9.17, 15) is 9.59 Å². The van der Waals surface area contributed by atoms with Gasteiger partial charge < -0.3 is 14.8 Å². The number of nitrogens with one attached hydrogen (secondary N) is 1. The summed E-state index contributed by atoms with van der Waals surface area (Å²) in [7, 11) is 2.87. The van der Waals surface area contributed by atoms with Crippen molar-refractivity contribution in [1.29, 1.82) is 0 Å². The number of rotatable bonds is 6. The third-order valence-electron chi connectivity index (χ3n) is 4.22. The zero-order valence-corrected chi connectivity index (χ0v) is 15.1. The highest BCUT2D eigenvalue weighted by atomic mass is 16.5. The number of para-hydroxylation sites is 1. The monoisotopic (exact) mass is 364 g/mol. The van der Waals surface area contributed by atoms with E-state index in [0.29, 0.717) is 11.3 Å². The second kappa shape index (κ2) is 8.31. The van der Waals surface area contributed by atoms with Crippen LogP contribution >= 0.6 is 0 Å². The van der Waals surface area contributed by atoms with Crippen molar-refractivity contribution < 1.29 is 19.1 Å². The number of carbonyl (C=O) groups is 2. The average Bonchev–Trinajstić information content (AvgIpc) is 2.72. The lowest BCUT2D eigenvalue weighted by Gasteiger charge is -2.17. The van der Waals surface area contributed by atoms with Gasteiger partial charge in [0.15, 0.2) is 0 Å². The maximum absolute atomic E-state index is 12.6. The number of esters is 1. The van der Waals surface area contributed by atoms with E-state index in [0.717, 1.165) is 16.5 Å². The first-order valence-electron chi connectivity index (χ1n) is 8.47. The summed E-state index contributed by atoms with van der Waals surface area (Å²) in [6, 6.07) is 15.8. The van der Waals surface area contributed by atoms with E-state index in [-0.39, 0.29) is 12.3 Å². The lowest BCUT2D eigenvalue weighted by atomic mass is 10.0. The van der Waals surface area contributed by atoms with Gasteiger partial charge in [0.2, 0.25) is 0 Å². The van der Waals surface area contributed by atoms with Crippen molar-refractivity contribution in [2.75, 3.05) is 14.2 Å². The number of ether oxygens (including phenoxy) is 2. The molecule has 0 radical (unpaired) electrons. The van der Waals surface area contributed by atoms with E-state index in [1.165, 1.54) is 13.3 Å². The van der Waals surface area contributed by atoms with Gasteiger partial charge >= 0.3 is 5.97 Å². The number of hydrogen-bond acceptors (Lipinski definition) is 5. The number of carbonyl (C=O) groups excluding carboxylic acids is 2. The van der Waals surface area contributed by atoms with Gasteiger partial charge in [0.25, 0.3) is 5.91 Å². The minimum atomic E-state index is -0.818. The Morgan fingerprint density at radius 3 is 2.67 bits per heavy atom. The highest BCUT2D eigenvalue weighted by molar-refractivity contribution is 5.99. The number of amides is 1. The van der Waals surface area contributed by atoms with Crippen molar-refractivity contribution in [2.45, 2.75) is 12.5 Å². The van der Waals surface area contributed by atoms with E-state index in [2.05, 4.69) is 10.3 Å². The Morgan fingerprint density at radius 2 is 1.89 bits per heavy atom. The Hall–Kier alpha value is -3.41. The topological polar surface area (TPSA) is 77.5 Å². The molecule has 0 bridgehead atoms. The van der Waals surface area contributed by atoms with Crippen molar-refractivity contribution in [3.05, 3.63) is 71.9 Å². The zero-order valence-electron chi connectivity index (χ0n) is 15.1. The normalized spacial score (nSPS) is 11.6. The molecule has 0 aliphatic carbocycles. The van der Waals surface area contributed by atoms with Crippen LogP contribution in [0.25, 0.3) is 10.9 Å². The van der Waals surface area contributed by atoms with Crippen LogP contribution in [-0.2, 0) is 16.0 Å². The Kier molecular flexibility index (Phi) is 5.66. The number of hydrogen-bond donors (Lipinski definition) is 1. The molecule has 1 amide bonds. The lowest BCUT2D eigenvalue weighted by Crippen LogP contribution is -2.43. The molecule has 138 valence electrons. The number of aromatic nitrogens is 1. The maximum Gasteiger partial charge on any atom is 0.328 e. The van der Waals surface area contributed by atoms with Crippen LogP contribution in [0.1, 0.15) is 15.9 Å². The molecule has 1 N–H and O–H groups in total. The highest BCUT2D eigenvalue weighted by Gasteiger charge is 2.23. The molecule has 0 aliphatic rings. The molecule has 0 aliphatic heterocycles. The van der Waals surface area contributed by atoms with Gasteiger partial charge in [-0.2, -0.15) is 0 Å². The number of benzene rings is 2. The predicted molar refractivity (Wildman–Crippen MR) is 102 cm³/mol. The van der Waals surface area contributed by atoms with Crippen LogP contribution in [0.2, 0.25) is 0 Å². The molecule has 0 saturated heterocycles. The van der Waals surface area contributed by atoms with Crippen molar-refractivity contribution in [3.63, 3.8) is 0 Å². The Bertz CT molecular complexity index is 971. The van der Waals surface area contributed by atoms with E-state index in [1.54, 1.807) is 13.2 Å². The predicted octanol–water partition coefficient (Wildman–Crippen LogP) is 2.76. The number of methoxy groups -OCH3 is 2. The summed E-state index contributed by atoms with van der Waals surface area (Å²) in [5.74, 6) is -0.215. The smallest absolute Gasteiger partial charge is 0.328 e. The lowest BCUT2D eigenvalue weighted by molar-refractivity contribution is -0.142. The molecule has 27 heavy (non-hydrogen) atoms. The summed E-state index contributed by atoms with van der Waals surface area (Å²) < 4.78 is 10.1. The minimum Gasteiger partial charge on any atom is -0.497 e.